The van der Waals surface area contributed by atoms with Crippen molar-refractivity contribution < 1.29 is 14.6 Å². The maximum Gasteiger partial charge on any atom is 0.162 e. The van der Waals surface area contributed by atoms with E-state index in [9.17, 15) is 5.11 Å². The average molecular weight is 230 g/mol. The molecule has 0 amide bonds. The van der Waals surface area contributed by atoms with Crippen molar-refractivity contribution in [1.29, 1.82) is 0 Å². The van der Waals surface area contributed by atoms with Gasteiger partial charge in [0.05, 0.1) is 13.2 Å². The van der Waals surface area contributed by atoms with Gasteiger partial charge in [-0.05, 0) is 24.2 Å². The first-order valence-electron chi connectivity index (χ1n) is 6.22. The Hall–Kier alpha value is -0.120. The van der Waals surface area contributed by atoms with E-state index < -0.39 is 6.29 Å². The smallest absolute Gasteiger partial charge is 0.162 e. The topological polar surface area (TPSA) is 38.7 Å². The zero-order chi connectivity index (χ0) is 12.3. The second-order valence-corrected chi connectivity index (χ2v) is 5.78. The second-order valence-electron chi connectivity index (χ2n) is 5.78. The molecule has 0 radical (unpaired) electrons. The van der Waals surface area contributed by atoms with Gasteiger partial charge in [0.25, 0.3) is 0 Å². The summed E-state index contributed by atoms with van der Waals surface area (Å²) in [7, 11) is 1.57. The third-order valence-electron chi connectivity index (χ3n) is 3.71. The fourth-order valence-corrected chi connectivity index (χ4v) is 3.07. The van der Waals surface area contributed by atoms with E-state index in [1.807, 2.05) is 0 Å². The Bertz CT molecular complexity index is 215. The van der Waals surface area contributed by atoms with E-state index in [0.29, 0.717) is 24.4 Å². The molecule has 1 heterocycles. The molecule has 0 aromatic heterocycles. The highest BCUT2D eigenvalue weighted by Crippen LogP contribution is 2.46. The van der Waals surface area contributed by atoms with Crippen LogP contribution in [0.15, 0.2) is 0 Å². The summed E-state index contributed by atoms with van der Waals surface area (Å²) in [6.45, 7) is 10.1. The maximum atomic E-state index is 10.2. The molecular weight excluding hydrogens is 204 g/mol. The number of methoxy groups -OCH3 is 1. The highest BCUT2D eigenvalue weighted by atomic mass is 16.6. The third kappa shape index (κ3) is 2.58. The minimum Gasteiger partial charge on any atom is -0.380 e. The quantitative estimate of drug-likeness (QED) is 0.736. The minimum absolute atomic E-state index is 0.225. The Morgan fingerprint density at radius 3 is 2.44 bits per heavy atom. The lowest BCUT2D eigenvalue weighted by Gasteiger charge is -2.40. The maximum absolute atomic E-state index is 10.2. The van der Waals surface area contributed by atoms with Gasteiger partial charge in [-0.2, -0.15) is 0 Å². The number of ether oxygens (including phenoxy) is 2. The van der Waals surface area contributed by atoms with Crippen molar-refractivity contribution in [3.05, 3.63) is 0 Å². The number of hydrogen-bond donors (Lipinski definition) is 1. The summed E-state index contributed by atoms with van der Waals surface area (Å²) in [6.07, 6.45) is 0.231. The van der Waals surface area contributed by atoms with Crippen molar-refractivity contribution in [2.24, 2.45) is 23.2 Å². The van der Waals surface area contributed by atoms with Gasteiger partial charge in [-0.15, -0.1) is 0 Å². The zero-order valence-electron chi connectivity index (χ0n) is 11.2. The van der Waals surface area contributed by atoms with Crippen LogP contribution in [0.5, 0.6) is 0 Å². The second kappa shape index (κ2) is 5.48. The monoisotopic (exact) mass is 230 g/mol. The first kappa shape index (κ1) is 13.9. The van der Waals surface area contributed by atoms with Crippen LogP contribution < -0.4 is 0 Å². The Morgan fingerprint density at radius 1 is 1.38 bits per heavy atom. The molecule has 1 N–H and O–H groups in total. The van der Waals surface area contributed by atoms with Crippen molar-refractivity contribution >= 4 is 0 Å². The molecule has 0 aromatic carbocycles. The van der Waals surface area contributed by atoms with Crippen molar-refractivity contribution in [3.8, 4) is 0 Å². The standard InChI is InChI=1S/C13H26O3/c1-9(2)6-13(12(14)15-5)8-16-7-11(13)10(3)4/h9-12,14H,6-8H2,1-5H3/t11?,12-,13?/m0/s1. The van der Waals surface area contributed by atoms with E-state index in [1.165, 1.54) is 0 Å². The minimum atomic E-state index is -0.718. The first-order valence-corrected chi connectivity index (χ1v) is 6.22. The number of rotatable bonds is 5. The average Bonchev–Trinajstić information content (AvgIpc) is 2.60. The molecule has 1 aliphatic rings. The molecule has 1 rings (SSSR count). The van der Waals surface area contributed by atoms with Crippen LogP contribution in [-0.2, 0) is 9.47 Å². The lowest BCUT2D eigenvalue weighted by molar-refractivity contribution is -0.181. The van der Waals surface area contributed by atoms with Crippen LogP contribution >= 0.6 is 0 Å². The lowest BCUT2D eigenvalue weighted by Crippen LogP contribution is -2.45. The fraction of sp³-hybridized carbons (Fsp3) is 1.00. The largest absolute Gasteiger partial charge is 0.380 e. The van der Waals surface area contributed by atoms with E-state index in [2.05, 4.69) is 27.7 Å². The lowest BCUT2D eigenvalue weighted by atomic mass is 9.67. The molecule has 96 valence electrons. The van der Waals surface area contributed by atoms with Crippen LogP contribution in [0.2, 0.25) is 0 Å². The van der Waals surface area contributed by atoms with Gasteiger partial charge < -0.3 is 14.6 Å². The van der Waals surface area contributed by atoms with Gasteiger partial charge in [-0.25, -0.2) is 0 Å². The molecule has 3 atom stereocenters. The van der Waals surface area contributed by atoms with Crippen LogP contribution in [0.3, 0.4) is 0 Å². The molecule has 0 aliphatic carbocycles. The molecule has 16 heavy (non-hydrogen) atoms. The third-order valence-corrected chi connectivity index (χ3v) is 3.71. The van der Waals surface area contributed by atoms with E-state index >= 15 is 0 Å². The van der Waals surface area contributed by atoms with Gasteiger partial charge >= 0.3 is 0 Å². The van der Waals surface area contributed by atoms with E-state index in [-0.39, 0.29) is 5.41 Å². The molecule has 1 aliphatic heterocycles. The summed E-state index contributed by atoms with van der Waals surface area (Å²) in [5, 5.41) is 10.2. The molecule has 0 saturated carbocycles. The van der Waals surface area contributed by atoms with E-state index in [4.69, 9.17) is 9.47 Å². The highest BCUT2D eigenvalue weighted by Gasteiger charge is 2.50. The summed E-state index contributed by atoms with van der Waals surface area (Å²) in [6, 6.07) is 0. The Labute approximate surface area is 99.1 Å². The normalized spacial score (nSPS) is 32.6. The van der Waals surface area contributed by atoms with Gasteiger partial charge in [0.1, 0.15) is 0 Å². The number of hydrogen-bond acceptors (Lipinski definition) is 3. The van der Waals surface area contributed by atoms with Crippen molar-refractivity contribution in [2.45, 2.75) is 40.4 Å². The summed E-state index contributed by atoms with van der Waals surface area (Å²) >= 11 is 0. The molecule has 0 spiro atoms. The number of aliphatic hydroxyl groups is 1. The molecule has 3 nitrogen and oxygen atoms in total. The summed E-state index contributed by atoms with van der Waals surface area (Å²) in [5.41, 5.74) is -0.225. The van der Waals surface area contributed by atoms with Crippen LogP contribution in [0, 0.1) is 23.2 Å². The van der Waals surface area contributed by atoms with E-state index in [0.717, 1.165) is 13.0 Å². The summed E-state index contributed by atoms with van der Waals surface area (Å²) < 4.78 is 10.8. The predicted molar refractivity (Wildman–Crippen MR) is 64.1 cm³/mol. The van der Waals surface area contributed by atoms with Crippen LogP contribution in [0.1, 0.15) is 34.1 Å². The molecular formula is C13H26O3. The molecule has 0 aromatic rings. The number of aliphatic hydroxyl groups excluding tert-OH is 1. The van der Waals surface area contributed by atoms with Crippen molar-refractivity contribution in [1.82, 2.24) is 0 Å². The van der Waals surface area contributed by atoms with Crippen LogP contribution in [0.25, 0.3) is 0 Å². The fourth-order valence-electron chi connectivity index (χ4n) is 3.07. The predicted octanol–water partition coefficient (Wildman–Crippen LogP) is 2.29. The van der Waals surface area contributed by atoms with Crippen molar-refractivity contribution in [2.75, 3.05) is 20.3 Å². The van der Waals surface area contributed by atoms with Gasteiger partial charge in [-0.3, -0.25) is 0 Å². The first-order chi connectivity index (χ1) is 7.44. The zero-order valence-corrected chi connectivity index (χ0v) is 11.2. The van der Waals surface area contributed by atoms with Gasteiger partial charge in [-0.1, -0.05) is 27.7 Å². The molecule has 0 bridgehead atoms. The highest BCUT2D eigenvalue weighted by molar-refractivity contribution is 4.94. The van der Waals surface area contributed by atoms with E-state index in [1.54, 1.807) is 7.11 Å². The Morgan fingerprint density at radius 2 is 2.00 bits per heavy atom. The molecule has 1 saturated heterocycles. The van der Waals surface area contributed by atoms with Gasteiger partial charge in [0, 0.05) is 12.5 Å². The molecule has 3 heteroatoms. The Kier molecular flexibility index (Phi) is 4.77. The Balaban J connectivity index is 2.92. The SMILES string of the molecule is CO[C@H](O)C1(CC(C)C)COCC1C(C)C. The molecule has 2 unspecified atom stereocenters. The van der Waals surface area contributed by atoms with Crippen LogP contribution in [-0.4, -0.2) is 31.7 Å². The summed E-state index contributed by atoms with van der Waals surface area (Å²) in [4.78, 5) is 0. The van der Waals surface area contributed by atoms with Gasteiger partial charge in [0.2, 0.25) is 0 Å². The van der Waals surface area contributed by atoms with Crippen molar-refractivity contribution in [3.63, 3.8) is 0 Å². The van der Waals surface area contributed by atoms with Gasteiger partial charge in [0.15, 0.2) is 6.29 Å². The molecule has 1 fully saturated rings. The van der Waals surface area contributed by atoms with Crippen LogP contribution in [0.4, 0.5) is 0 Å². The summed E-state index contributed by atoms with van der Waals surface area (Å²) in [5.74, 6) is 1.42.